The summed E-state index contributed by atoms with van der Waals surface area (Å²) in [4.78, 5) is 19.3. The second-order valence-electron chi connectivity index (χ2n) is 8.13. The van der Waals surface area contributed by atoms with Crippen LogP contribution in [0.2, 0.25) is 10.0 Å². The zero-order valence-corrected chi connectivity index (χ0v) is 18.0. The quantitative estimate of drug-likeness (QED) is 0.636. The number of halogens is 2. The first-order valence-corrected chi connectivity index (χ1v) is 10.5. The van der Waals surface area contributed by atoms with E-state index in [4.69, 9.17) is 23.2 Å². The third-order valence-electron chi connectivity index (χ3n) is 6.78. The summed E-state index contributed by atoms with van der Waals surface area (Å²) in [6.45, 7) is 1.88. The van der Waals surface area contributed by atoms with Gasteiger partial charge in [0.25, 0.3) is 0 Å². The summed E-state index contributed by atoms with van der Waals surface area (Å²) in [7, 11) is 0. The summed E-state index contributed by atoms with van der Waals surface area (Å²) in [6, 6.07) is 17.9. The van der Waals surface area contributed by atoms with Gasteiger partial charge in [0.05, 0.1) is 17.0 Å². The molecule has 2 heterocycles. The maximum absolute atomic E-state index is 13.8. The molecule has 31 heavy (non-hydrogen) atoms. The maximum atomic E-state index is 13.8. The molecule has 2 aliphatic rings. The normalized spacial score (nSPS) is 28.9. The number of hydrogen-bond donors (Lipinski definition) is 1. The highest BCUT2D eigenvalue weighted by atomic mass is 35.5. The lowest BCUT2D eigenvalue weighted by Crippen LogP contribution is -2.44. The summed E-state index contributed by atoms with van der Waals surface area (Å²) < 4.78 is 0. The van der Waals surface area contributed by atoms with Crippen LogP contribution in [0.15, 0.2) is 67.0 Å². The number of rotatable bonds is 3. The molecular formula is C24H17Cl2N3O2. The molecule has 1 unspecified atom stereocenters. The third kappa shape index (κ3) is 2.53. The van der Waals surface area contributed by atoms with Crippen LogP contribution < -0.4 is 4.90 Å². The predicted molar refractivity (Wildman–Crippen MR) is 118 cm³/mol. The largest absolute Gasteiger partial charge is 0.373 e. The number of nitrogens with zero attached hydrogens (tertiary/aromatic N) is 3. The van der Waals surface area contributed by atoms with Crippen LogP contribution in [0.4, 0.5) is 5.69 Å². The summed E-state index contributed by atoms with van der Waals surface area (Å²) in [5.74, 6) is -0.606. The van der Waals surface area contributed by atoms with E-state index >= 15 is 0 Å². The van der Waals surface area contributed by atoms with Crippen LogP contribution >= 0.6 is 23.2 Å². The smallest absolute Gasteiger partial charge is 0.236 e. The molecule has 4 atom stereocenters. The number of piperidine rings is 1. The number of aromatic nitrogens is 1. The van der Waals surface area contributed by atoms with Crippen molar-refractivity contribution in [2.45, 2.75) is 18.6 Å². The van der Waals surface area contributed by atoms with Crippen molar-refractivity contribution >= 4 is 34.8 Å². The van der Waals surface area contributed by atoms with Crippen LogP contribution in [0.25, 0.3) is 0 Å². The van der Waals surface area contributed by atoms with Crippen LogP contribution in [-0.4, -0.2) is 22.2 Å². The fraction of sp³-hybridized carbons (Fsp3) is 0.208. The Morgan fingerprint density at radius 2 is 1.61 bits per heavy atom. The minimum absolute atomic E-state index is 0.204. The van der Waals surface area contributed by atoms with Crippen molar-refractivity contribution in [1.29, 1.82) is 5.26 Å². The Morgan fingerprint density at radius 1 is 1.03 bits per heavy atom. The van der Waals surface area contributed by atoms with E-state index in [9.17, 15) is 15.2 Å². The lowest BCUT2D eigenvalue weighted by molar-refractivity contribution is -0.123. The van der Waals surface area contributed by atoms with Crippen molar-refractivity contribution in [2.75, 3.05) is 4.90 Å². The Morgan fingerprint density at radius 3 is 2.13 bits per heavy atom. The van der Waals surface area contributed by atoms with Crippen LogP contribution in [0.1, 0.15) is 23.6 Å². The molecule has 1 saturated carbocycles. The van der Waals surface area contributed by atoms with Gasteiger partial charge in [0.2, 0.25) is 5.91 Å². The van der Waals surface area contributed by atoms with Crippen molar-refractivity contribution in [3.8, 4) is 6.07 Å². The fourth-order valence-corrected chi connectivity index (χ4v) is 6.01. The Balaban J connectivity index is 1.67. The minimum Gasteiger partial charge on any atom is -0.373 e. The molecule has 1 aromatic heterocycles. The molecule has 2 fully saturated rings. The summed E-state index contributed by atoms with van der Waals surface area (Å²) in [5.41, 5.74) is 1.14. The molecule has 0 radical (unpaired) electrons. The first-order chi connectivity index (χ1) is 14.9. The zero-order chi connectivity index (χ0) is 22.0. The minimum atomic E-state index is -1.07. The molecular weight excluding hydrogens is 433 g/mol. The number of amides is 1. The van der Waals surface area contributed by atoms with Crippen molar-refractivity contribution in [3.63, 3.8) is 0 Å². The number of nitriles is 1. The molecule has 0 bridgehead atoms. The molecule has 1 amide bonds. The topological polar surface area (TPSA) is 77.2 Å². The number of carbonyl (C=O) groups is 1. The SMILES string of the molecule is C[C@]12C(=O)N(c3cc(Cl)cc(Cl)c3)C(O)[C@H]1[C@]2(c1ccncc1)c1ccc(C#N)cc1. The van der Waals surface area contributed by atoms with Gasteiger partial charge in [-0.1, -0.05) is 35.3 Å². The van der Waals surface area contributed by atoms with Gasteiger partial charge in [-0.3, -0.25) is 14.7 Å². The Hall–Kier alpha value is -2.91. The van der Waals surface area contributed by atoms with Crippen LogP contribution in [-0.2, 0) is 10.2 Å². The molecule has 154 valence electrons. The summed E-state index contributed by atoms with van der Waals surface area (Å²) in [6.07, 6.45) is 2.29. The number of hydrogen-bond acceptors (Lipinski definition) is 4. The number of carbonyl (C=O) groups excluding carboxylic acids is 1. The number of anilines is 1. The van der Waals surface area contributed by atoms with Gasteiger partial charge in [-0.05, 0) is 60.5 Å². The Bertz CT molecular complexity index is 1220. The number of aliphatic hydroxyl groups is 1. The summed E-state index contributed by atoms with van der Waals surface area (Å²) >= 11 is 12.3. The molecule has 0 spiro atoms. The maximum Gasteiger partial charge on any atom is 0.236 e. The Kier molecular flexibility index (Phi) is 4.39. The third-order valence-corrected chi connectivity index (χ3v) is 7.22. The molecule has 1 aliphatic heterocycles. The van der Waals surface area contributed by atoms with Crippen molar-refractivity contribution in [3.05, 3.63) is 93.7 Å². The molecule has 1 saturated heterocycles. The lowest BCUT2D eigenvalue weighted by atomic mass is 9.79. The van der Waals surface area contributed by atoms with Crippen LogP contribution in [0.5, 0.6) is 0 Å². The van der Waals surface area contributed by atoms with Crippen molar-refractivity contribution in [2.24, 2.45) is 11.3 Å². The fourth-order valence-electron chi connectivity index (χ4n) is 5.49. The van der Waals surface area contributed by atoms with Gasteiger partial charge in [-0.25, -0.2) is 0 Å². The first-order valence-electron chi connectivity index (χ1n) is 9.74. The van der Waals surface area contributed by atoms with E-state index in [0.717, 1.165) is 11.1 Å². The molecule has 2 aromatic carbocycles. The molecule has 1 N–H and O–H groups in total. The molecule has 5 rings (SSSR count). The van der Waals surface area contributed by atoms with Gasteiger partial charge in [0.15, 0.2) is 0 Å². The highest BCUT2D eigenvalue weighted by molar-refractivity contribution is 6.35. The highest BCUT2D eigenvalue weighted by Gasteiger charge is 2.86. The molecule has 3 aromatic rings. The molecule has 1 aliphatic carbocycles. The molecule has 7 heteroatoms. The number of pyridine rings is 1. The van der Waals surface area contributed by atoms with Crippen LogP contribution in [0.3, 0.4) is 0 Å². The van der Waals surface area contributed by atoms with E-state index in [-0.39, 0.29) is 5.91 Å². The van der Waals surface area contributed by atoms with Crippen molar-refractivity contribution < 1.29 is 9.90 Å². The van der Waals surface area contributed by atoms with E-state index in [0.29, 0.717) is 21.3 Å². The van der Waals surface area contributed by atoms with Crippen LogP contribution in [0, 0.1) is 22.7 Å². The standard InChI is InChI=1S/C24H17Cl2N3O2/c1-23-20(21(30)29(22(23)31)19-11-17(25)10-18(26)12-19)24(23,16-6-8-28-9-7-16)15-4-2-14(13-27)3-5-15/h2-12,20-21,30H,1H3/t20-,21?,23-,24-/m1/s1. The monoisotopic (exact) mass is 449 g/mol. The number of aliphatic hydroxyl groups excluding tert-OH is 1. The summed E-state index contributed by atoms with van der Waals surface area (Å²) in [5, 5.41) is 21.3. The van der Waals surface area contributed by atoms with E-state index in [1.165, 1.54) is 4.90 Å². The van der Waals surface area contributed by atoms with Crippen molar-refractivity contribution in [1.82, 2.24) is 4.98 Å². The highest BCUT2D eigenvalue weighted by Crippen LogP contribution is 2.77. The van der Waals surface area contributed by atoms with E-state index in [1.807, 2.05) is 31.2 Å². The second-order valence-corrected chi connectivity index (χ2v) is 9.00. The Labute approximate surface area is 189 Å². The van der Waals surface area contributed by atoms with Gasteiger partial charge < -0.3 is 5.11 Å². The van der Waals surface area contributed by atoms with E-state index in [2.05, 4.69) is 11.1 Å². The predicted octanol–water partition coefficient (Wildman–Crippen LogP) is 4.55. The van der Waals surface area contributed by atoms with E-state index < -0.39 is 23.0 Å². The average Bonchev–Trinajstić information content (AvgIpc) is 3.28. The lowest BCUT2D eigenvalue weighted by Gasteiger charge is -2.33. The number of benzene rings is 2. The van der Waals surface area contributed by atoms with Gasteiger partial charge in [-0.2, -0.15) is 5.26 Å². The average molecular weight is 450 g/mol. The van der Waals surface area contributed by atoms with E-state index in [1.54, 1.807) is 42.7 Å². The number of fused-ring (bicyclic) bond motifs is 1. The first kappa shape index (κ1) is 20.0. The van der Waals surface area contributed by atoms with Gasteiger partial charge in [0, 0.05) is 39.5 Å². The zero-order valence-electron chi connectivity index (χ0n) is 16.5. The van der Waals surface area contributed by atoms with Gasteiger partial charge >= 0.3 is 0 Å². The van der Waals surface area contributed by atoms with Gasteiger partial charge in [-0.15, -0.1) is 0 Å². The second kappa shape index (κ2) is 6.80. The molecule has 5 nitrogen and oxygen atoms in total. The van der Waals surface area contributed by atoms with Gasteiger partial charge in [0.1, 0.15) is 6.23 Å².